The zero-order chi connectivity index (χ0) is 9.26. The Morgan fingerprint density at radius 2 is 2.15 bits per heavy atom. The summed E-state index contributed by atoms with van der Waals surface area (Å²) in [5.74, 6) is 0.0879. The predicted octanol–water partition coefficient (Wildman–Crippen LogP) is -0.587. The molecule has 1 aromatic heterocycles. The summed E-state index contributed by atoms with van der Waals surface area (Å²) in [7, 11) is 0. The van der Waals surface area contributed by atoms with Crippen molar-refractivity contribution < 1.29 is 4.79 Å². The van der Waals surface area contributed by atoms with Gasteiger partial charge in [0.05, 0.1) is 0 Å². The lowest BCUT2D eigenvalue weighted by atomic mass is 10.2. The van der Waals surface area contributed by atoms with Crippen LogP contribution in [0.15, 0.2) is 6.33 Å². The number of rotatable bonds is 1. The third-order valence-corrected chi connectivity index (χ3v) is 1.80. The van der Waals surface area contributed by atoms with Gasteiger partial charge in [-0.1, -0.05) is 0 Å². The molecule has 6 heteroatoms. The van der Waals surface area contributed by atoms with Gasteiger partial charge in [-0.25, -0.2) is 9.97 Å². The van der Waals surface area contributed by atoms with E-state index < -0.39 is 5.91 Å². The Hall–Kier alpha value is -1.85. The summed E-state index contributed by atoms with van der Waals surface area (Å²) >= 11 is 0. The van der Waals surface area contributed by atoms with Gasteiger partial charge < -0.3 is 16.4 Å². The third-order valence-electron chi connectivity index (χ3n) is 1.80. The SMILES string of the molecule is NC(=O)c1ncnc2c1NCCN2. The van der Waals surface area contributed by atoms with Gasteiger partial charge in [-0.3, -0.25) is 4.79 Å². The van der Waals surface area contributed by atoms with E-state index in [4.69, 9.17) is 5.73 Å². The Bertz CT molecular complexity index is 351. The third kappa shape index (κ3) is 1.26. The van der Waals surface area contributed by atoms with E-state index in [1.807, 2.05) is 0 Å². The maximum atomic E-state index is 10.9. The molecule has 0 spiro atoms. The summed E-state index contributed by atoms with van der Waals surface area (Å²) in [6, 6.07) is 0. The number of hydrogen-bond donors (Lipinski definition) is 3. The Kier molecular flexibility index (Phi) is 1.73. The molecule has 0 saturated carbocycles. The highest BCUT2D eigenvalue weighted by atomic mass is 16.1. The van der Waals surface area contributed by atoms with Gasteiger partial charge in [0.25, 0.3) is 5.91 Å². The van der Waals surface area contributed by atoms with Gasteiger partial charge in [-0.05, 0) is 0 Å². The Labute approximate surface area is 74.6 Å². The summed E-state index contributed by atoms with van der Waals surface area (Å²) < 4.78 is 0. The highest BCUT2D eigenvalue weighted by Crippen LogP contribution is 2.23. The maximum absolute atomic E-state index is 10.9. The van der Waals surface area contributed by atoms with E-state index in [0.717, 1.165) is 13.1 Å². The van der Waals surface area contributed by atoms with E-state index >= 15 is 0 Å². The monoisotopic (exact) mass is 179 g/mol. The van der Waals surface area contributed by atoms with Gasteiger partial charge in [0.15, 0.2) is 11.5 Å². The number of carbonyl (C=O) groups excluding carboxylic acids is 1. The highest BCUT2D eigenvalue weighted by molar-refractivity contribution is 5.99. The van der Waals surface area contributed by atoms with E-state index in [0.29, 0.717) is 11.5 Å². The Balaban J connectivity index is 2.52. The topological polar surface area (TPSA) is 92.9 Å². The number of nitrogens with two attached hydrogens (primary N) is 1. The summed E-state index contributed by atoms with van der Waals surface area (Å²) in [6.45, 7) is 1.52. The molecule has 0 bridgehead atoms. The van der Waals surface area contributed by atoms with Crippen molar-refractivity contribution in [1.29, 1.82) is 0 Å². The number of anilines is 2. The second-order valence-corrected chi connectivity index (χ2v) is 2.66. The molecule has 68 valence electrons. The van der Waals surface area contributed by atoms with E-state index in [9.17, 15) is 4.79 Å². The van der Waals surface area contributed by atoms with Crippen molar-refractivity contribution in [3.8, 4) is 0 Å². The molecule has 0 aliphatic carbocycles. The number of nitrogens with zero attached hydrogens (tertiary/aromatic N) is 2. The van der Waals surface area contributed by atoms with Crippen LogP contribution in [0.3, 0.4) is 0 Å². The van der Waals surface area contributed by atoms with Crippen molar-refractivity contribution >= 4 is 17.4 Å². The molecule has 13 heavy (non-hydrogen) atoms. The molecule has 1 aromatic rings. The van der Waals surface area contributed by atoms with E-state index in [2.05, 4.69) is 20.6 Å². The largest absolute Gasteiger partial charge is 0.378 e. The van der Waals surface area contributed by atoms with E-state index in [-0.39, 0.29) is 5.69 Å². The molecule has 2 heterocycles. The zero-order valence-corrected chi connectivity index (χ0v) is 6.87. The van der Waals surface area contributed by atoms with Crippen molar-refractivity contribution in [3.05, 3.63) is 12.0 Å². The smallest absolute Gasteiger partial charge is 0.269 e. The molecule has 1 aliphatic rings. The molecule has 0 radical (unpaired) electrons. The van der Waals surface area contributed by atoms with Gasteiger partial charge in [0.1, 0.15) is 12.0 Å². The second kappa shape index (κ2) is 2.89. The van der Waals surface area contributed by atoms with E-state index in [1.165, 1.54) is 6.33 Å². The fraction of sp³-hybridized carbons (Fsp3) is 0.286. The van der Waals surface area contributed by atoms with Crippen LogP contribution in [0, 0.1) is 0 Å². The molecule has 1 aliphatic heterocycles. The van der Waals surface area contributed by atoms with E-state index in [1.54, 1.807) is 0 Å². The molecular formula is C7H9N5O. The first kappa shape index (κ1) is 7.78. The van der Waals surface area contributed by atoms with Gasteiger partial charge in [-0.2, -0.15) is 0 Å². The van der Waals surface area contributed by atoms with Crippen LogP contribution in [0.2, 0.25) is 0 Å². The average Bonchev–Trinajstić information content (AvgIpc) is 2.17. The van der Waals surface area contributed by atoms with Crippen LogP contribution in [0.25, 0.3) is 0 Å². The molecule has 0 atom stereocenters. The van der Waals surface area contributed by atoms with Crippen LogP contribution >= 0.6 is 0 Å². The van der Waals surface area contributed by atoms with Crippen LogP contribution in [-0.4, -0.2) is 29.0 Å². The van der Waals surface area contributed by atoms with Crippen LogP contribution in [0.5, 0.6) is 0 Å². The molecular weight excluding hydrogens is 170 g/mol. The van der Waals surface area contributed by atoms with Gasteiger partial charge in [0.2, 0.25) is 0 Å². The van der Waals surface area contributed by atoms with Crippen LogP contribution in [0.1, 0.15) is 10.5 Å². The molecule has 1 amide bonds. The molecule has 0 unspecified atom stereocenters. The average molecular weight is 179 g/mol. The van der Waals surface area contributed by atoms with Crippen LogP contribution in [-0.2, 0) is 0 Å². The number of nitrogens with one attached hydrogen (secondary N) is 2. The zero-order valence-electron chi connectivity index (χ0n) is 6.87. The number of carbonyl (C=O) groups is 1. The Morgan fingerprint density at radius 1 is 1.38 bits per heavy atom. The summed E-state index contributed by atoms with van der Waals surface area (Å²) in [5, 5.41) is 6.06. The Morgan fingerprint density at radius 3 is 2.92 bits per heavy atom. The molecule has 0 saturated heterocycles. The minimum atomic E-state index is -0.546. The quantitative estimate of drug-likeness (QED) is 0.536. The van der Waals surface area contributed by atoms with Gasteiger partial charge in [-0.15, -0.1) is 0 Å². The lowest BCUT2D eigenvalue weighted by molar-refractivity contribution is 0.0996. The summed E-state index contributed by atoms with van der Waals surface area (Å²) in [4.78, 5) is 18.7. The molecule has 6 nitrogen and oxygen atoms in total. The second-order valence-electron chi connectivity index (χ2n) is 2.66. The molecule has 2 rings (SSSR count). The van der Waals surface area contributed by atoms with Crippen LogP contribution < -0.4 is 16.4 Å². The van der Waals surface area contributed by atoms with Crippen molar-refractivity contribution in [2.45, 2.75) is 0 Å². The number of aromatic nitrogens is 2. The van der Waals surface area contributed by atoms with Crippen molar-refractivity contribution in [1.82, 2.24) is 9.97 Å². The number of hydrogen-bond acceptors (Lipinski definition) is 5. The normalized spacial score (nSPS) is 13.8. The van der Waals surface area contributed by atoms with Gasteiger partial charge in [0, 0.05) is 13.1 Å². The first-order valence-electron chi connectivity index (χ1n) is 3.91. The maximum Gasteiger partial charge on any atom is 0.269 e. The van der Waals surface area contributed by atoms with Crippen LogP contribution in [0.4, 0.5) is 11.5 Å². The minimum absolute atomic E-state index is 0.234. The molecule has 0 fully saturated rings. The summed E-state index contributed by atoms with van der Waals surface area (Å²) in [6.07, 6.45) is 1.32. The minimum Gasteiger partial charge on any atom is -0.378 e. The molecule has 0 aromatic carbocycles. The first-order valence-corrected chi connectivity index (χ1v) is 3.91. The standard InChI is InChI=1S/C7H9N5O/c8-6(13)4-5-7(12-3-11-4)10-2-1-9-5/h3,9H,1-2H2,(H2,8,13)(H,10,11,12). The highest BCUT2D eigenvalue weighted by Gasteiger charge is 2.17. The number of fused-ring (bicyclic) bond motifs is 1. The predicted molar refractivity (Wildman–Crippen MR) is 47.5 cm³/mol. The lowest BCUT2D eigenvalue weighted by Crippen LogP contribution is -2.26. The number of amides is 1. The first-order chi connectivity index (χ1) is 6.29. The summed E-state index contributed by atoms with van der Waals surface area (Å²) in [5.41, 5.74) is 5.97. The van der Waals surface area contributed by atoms with Crippen molar-refractivity contribution in [2.75, 3.05) is 23.7 Å². The van der Waals surface area contributed by atoms with Crippen molar-refractivity contribution in [3.63, 3.8) is 0 Å². The van der Waals surface area contributed by atoms with Gasteiger partial charge >= 0.3 is 0 Å². The fourth-order valence-corrected chi connectivity index (χ4v) is 1.24. The fourth-order valence-electron chi connectivity index (χ4n) is 1.24. The van der Waals surface area contributed by atoms with Crippen molar-refractivity contribution in [2.24, 2.45) is 5.73 Å². The lowest BCUT2D eigenvalue weighted by Gasteiger charge is -2.19. The number of primary amides is 1. The molecule has 4 N–H and O–H groups in total.